The molecule has 6 heteroatoms. The van der Waals surface area contributed by atoms with Crippen molar-refractivity contribution in [3.63, 3.8) is 0 Å². The smallest absolute Gasteiger partial charge is 0.253 e. The fourth-order valence-electron chi connectivity index (χ4n) is 4.88. The summed E-state index contributed by atoms with van der Waals surface area (Å²) in [5.74, 6) is 0.179. The predicted octanol–water partition coefficient (Wildman–Crippen LogP) is 1.42. The second-order valence-electron chi connectivity index (χ2n) is 8.63. The molecule has 0 spiro atoms. The topological polar surface area (TPSA) is 48.1 Å². The Labute approximate surface area is 168 Å². The molecule has 3 unspecified atom stereocenters. The van der Waals surface area contributed by atoms with Crippen LogP contribution in [0.1, 0.15) is 36.2 Å². The Morgan fingerprint density at radius 1 is 1.04 bits per heavy atom. The third-order valence-corrected chi connectivity index (χ3v) is 6.22. The molecule has 28 heavy (non-hydrogen) atoms. The molecule has 1 aromatic carbocycles. The van der Waals surface area contributed by atoms with Crippen molar-refractivity contribution in [2.24, 2.45) is 0 Å². The second-order valence-corrected chi connectivity index (χ2v) is 8.63. The molecule has 4 rings (SSSR count). The molecule has 0 saturated carbocycles. The van der Waals surface area contributed by atoms with Gasteiger partial charge in [-0.05, 0) is 38.0 Å². The van der Waals surface area contributed by atoms with E-state index in [2.05, 4.69) is 41.1 Å². The predicted molar refractivity (Wildman–Crippen MR) is 110 cm³/mol. The van der Waals surface area contributed by atoms with Gasteiger partial charge in [0.2, 0.25) is 0 Å². The van der Waals surface area contributed by atoms with Gasteiger partial charge in [-0.2, -0.15) is 0 Å². The Balaban J connectivity index is 1.31. The molecule has 6 nitrogen and oxygen atoms in total. The Kier molecular flexibility index (Phi) is 6.31. The van der Waals surface area contributed by atoms with Crippen molar-refractivity contribution in [1.82, 2.24) is 20.0 Å². The number of benzene rings is 1. The number of hydrogen-bond acceptors (Lipinski definition) is 5. The van der Waals surface area contributed by atoms with Crippen LogP contribution in [0.3, 0.4) is 0 Å². The fraction of sp³-hybridized carbons (Fsp3) is 0.682. The lowest BCUT2D eigenvalue weighted by Crippen LogP contribution is -2.49. The number of nitrogens with one attached hydrogen (secondary N) is 1. The number of carbonyl (C=O) groups is 1. The average molecular weight is 387 g/mol. The van der Waals surface area contributed by atoms with E-state index in [1.807, 2.05) is 17.0 Å². The fourth-order valence-corrected chi connectivity index (χ4v) is 4.88. The van der Waals surface area contributed by atoms with E-state index >= 15 is 0 Å². The maximum atomic E-state index is 12.9. The summed E-state index contributed by atoms with van der Waals surface area (Å²) in [6, 6.07) is 8.76. The van der Waals surface area contributed by atoms with Crippen molar-refractivity contribution in [3.05, 3.63) is 35.4 Å². The highest BCUT2D eigenvalue weighted by Crippen LogP contribution is 2.20. The van der Waals surface area contributed by atoms with Gasteiger partial charge in [-0.15, -0.1) is 0 Å². The van der Waals surface area contributed by atoms with Crippen molar-refractivity contribution < 1.29 is 9.53 Å². The van der Waals surface area contributed by atoms with Gasteiger partial charge in [0, 0.05) is 70.5 Å². The summed E-state index contributed by atoms with van der Waals surface area (Å²) in [5.41, 5.74) is 2.08. The second kappa shape index (κ2) is 8.91. The molecule has 0 aliphatic carbocycles. The van der Waals surface area contributed by atoms with Gasteiger partial charge in [-0.3, -0.25) is 14.6 Å². The number of likely N-dealkylation sites (tertiary alicyclic amines) is 1. The summed E-state index contributed by atoms with van der Waals surface area (Å²) < 4.78 is 5.82. The summed E-state index contributed by atoms with van der Waals surface area (Å²) in [5, 5.41) is 3.40. The highest BCUT2D eigenvalue weighted by molar-refractivity contribution is 5.94. The Morgan fingerprint density at radius 3 is 2.39 bits per heavy atom. The molecule has 0 radical (unpaired) electrons. The van der Waals surface area contributed by atoms with Gasteiger partial charge in [-0.1, -0.05) is 12.1 Å². The van der Waals surface area contributed by atoms with E-state index in [1.165, 1.54) is 5.56 Å². The van der Waals surface area contributed by atoms with Gasteiger partial charge in [0.25, 0.3) is 5.91 Å². The van der Waals surface area contributed by atoms with Gasteiger partial charge in [-0.25, -0.2) is 0 Å². The first kappa shape index (κ1) is 19.8. The third-order valence-electron chi connectivity index (χ3n) is 6.22. The number of morpholine rings is 1. The summed E-state index contributed by atoms with van der Waals surface area (Å²) in [6.07, 6.45) is 1.66. The lowest BCUT2D eigenvalue weighted by Gasteiger charge is -2.35. The normalized spacial score (nSPS) is 29.9. The molecule has 154 valence electrons. The molecule has 3 heterocycles. The minimum absolute atomic E-state index is 0.179. The molecule has 1 N–H and O–H groups in total. The number of rotatable bonds is 4. The molecule has 1 aromatic rings. The van der Waals surface area contributed by atoms with Crippen LogP contribution in [0.5, 0.6) is 0 Å². The molecule has 0 aromatic heterocycles. The molecule has 3 aliphatic rings. The van der Waals surface area contributed by atoms with E-state index in [4.69, 9.17) is 4.74 Å². The van der Waals surface area contributed by atoms with E-state index in [9.17, 15) is 4.79 Å². The van der Waals surface area contributed by atoms with E-state index in [0.717, 1.165) is 70.9 Å². The number of hydrogen-bond donors (Lipinski definition) is 1. The van der Waals surface area contributed by atoms with Crippen LogP contribution >= 0.6 is 0 Å². The molecule has 1 amide bonds. The van der Waals surface area contributed by atoms with Gasteiger partial charge in [0.05, 0.1) is 12.2 Å². The highest BCUT2D eigenvalue weighted by Gasteiger charge is 2.31. The van der Waals surface area contributed by atoms with Gasteiger partial charge in [0.1, 0.15) is 0 Å². The number of nitrogens with zero attached hydrogens (tertiary/aromatic N) is 3. The van der Waals surface area contributed by atoms with Crippen LogP contribution in [0.2, 0.25) is 0 Å². The van der Waals surface area contributed by atoms with E-state index < -0.39 is 0 Å². The summed E-state index contributed by atoms with van der Waals surface area (Å²) in [6.45, 7) is 13.2. The van der Waals surface area contributed by atoms with Crippen LogP contribution in [-0.2, 0) is 11.3 Å². The van der Waals surface area contributed by atoms with Crippen LogP contribution in [0.15, 0.2) is 24.3 Å². The van der Waals surface area contributed by atoms with Crippen molar-refractivity contribution in [1.29, 1.82) is 0 Å². The molecule has 3 fully saturated rings. The molecule has 0 bridgehead atoms. The molecule has 3 atom stereocenters. The third kappa shape index (κ3) is 4.74. The Bertz CT molecular complexity index is 649. The number of carbonyl (C=O) groups excluding carboxylic acids is 1. The highest BCUT2D eigenvalue weighted by atomic mass is 16.5. The van der Waals surface area contributed by atoms with Gasteiger partial charge in [0.15, 0.2) is 0 Å². The van der Waals surface area contributed by atoms with Crippen LogP contribution in [0, 0.1) is 0 Å². The van der Waals surface area contributed by atoms with Crippen molar-refractivity contribution in [3.8, 4) is 0 Å². The summed E-state index contributed by atoms with van der Waals surface area (Å²) in [7, 11) is 0. The van der Waals surface area contributed by atoms with Crippen molar-refractivity contribution in [2.45, 2.75) is 45.1 Å². The Morgan fingerprint density at radius 2 is 1.71 bits per heavy atom. The lowest BCUT2D eigenvalue weighted by molar-refractivity contribution is -0.0704. The summed E-state index contributed by atoms with van der Waals surface area (Å²) >= 11 is 0. The van der Waals surface area contributed by atoms with Crippen LogP contribution in [0.4, 0.5) is 0 Å². The first-order chi connectivity index (χ1) is 13.6. The van der Waals surface area contributed by atoms with Crippen LogP contribution in [0.25, 0.3) is 0 Å². The zero-order valence-corrected chi connectivity index (χ0v) is 17.3. The van der Waals surface area contributed by atoms with E-state index in [1.54, 1.807) is 0 Å². The standard InChI is InChI=1S/C22H34N4O2/c1-17-13-24(14-18(2)28-17)15-19-3-5-20(6-4-19)22(27)26-10-7-21(16-26)25-11-8-23-9-12-25/h3-6,17-18,21,23H,7-16H2,1-2H3. The number of ether oxygens (including phenoxy) is 1. The first-order valence-corrected chi connectivity index (χ1v) is 10.8. The monoisotopic (exact) mass is 386 g/mol. The first-order valence-electron chi connectivity index (χ1n) is 10.8. The molecule has 3 aliphatic heterocycles. The maximum Gasteiger partial charge on any atom is 0.253 e. The quantitative estimate of drug-likeness (QED) is 0.848. The number of piperazine rings is 1. The minimum atomic E-state index is 0.179. The van der Waals surface area contributed by atoms with Crippen molar-refractivity contribution >= 4 is 5.91 Å². The zero-order chi connectivity index (χ0) is 19.5. The SMILES string of the molecule is CC1CN(Cc2ccc(C(=O)N3CCC(N4CCNCC4)C3)cc2)CC(C)O1. The van der Waals surface area contributed by atoms with E-state index in [0.29, 0.717) is 6.04 Å². The maximum absolute atomic E-state index is 12.9. The minimum Gasteiger partial charge on any atom is -0.373 e. The van der Waals surface area contributed by atoms with Gasteiger partial charge < -0.3 is 15.0 Å². The lowest BCUT2D eigenvalue weighted by atomic mass is 10.1. The largest absolute Gasteiger partial charge is 0.373 e. The van der Waals surface area contributed by atoms with Crippen LogP contribution in [-0.4, -0.2) is 91.2 Å². The summed E-state index contributed by atoms with van der Waals surface area (Å²) in [4.78, 5) is 19.9. The molecular weight excluding hydrogens is 352 g/mol. The number of amides is 1. The van der Waals surface area contributed by atoms with Crippen LogP contribution < -0.4 is 5.32 Å². The van der Waals surface area contributed by atoms with Gasteiger partial charge >= 0.3 is 0 Å². The van der Waals surface area contributed by atoms with Crippen molar-refractivity contribution in [2.75, 3.05) is 52.4 Å². The Hall–Kier alpha value is -1.47. The molecule has 3 saturated heterocycles. The average Bonchev–Trinajstić information content (AvgIpc) is 3.18. The zero-order valence-electron chi connectivity index (χ0n) is 17.3. The van der Waals surface area contributed by atoms with E-state index in [-0.39, 0.29) is 18.1 Å². The molecular formula is C22H34N4O2.